The van der Waals surface area contributed by atoms with Crippen molar-refractivity contribution in [3.63, 3.8) is 0 Å². The molecule has 3 N–H and O–H groups in total. The van der Waals surface area contributed by atoms with Crippen molar-refractivity contribution in [2.45, 2.75) is 63.2 Å². The predicted octanol–water partition coefficient (Wildman–Crippen LogP) is 2.85. The number of carboxylic acid groups (broad SMARTS) is 1. The van der Waals surface area contributed by atoms with Gasteiger partial charge in [0.25, 0.3) is 0 Å². The molecule has 0 spiro atoms. The van der Waals surface area contributed by atoms with Crippen molar-refractivity contribution in [2.24, 2.45) is 5.92 Å². The van der Waals surface area contributed by atoms with Crippen LogP contribution >= 0.6 is 11.8 Å². The highest BCUT2D eigenvalue weighted by atomic mass is 32.2. The van der Waals surface area contributed by atoms with Crippen LogP contribution in [0, 0.1) is 5.92 Å². The molecule has 6 heteroatoms. The zero-order valence-corrected chi connectivity index (χ0v) is 14.1. The quantitative estimate of drug-likeness (QED) is 0.611. The SMILES string of the molecule is CSC1(CNC(=O)NC(C)CCCC(C)C(=O)O)CCC1. The molecule has 1 fully saturated rings. The fourth-order valence-corrected chi connectivity index (χ4v) is 3.38. The van der Waals surface area contributed by atoms with Gasteiger partial charge in [0.05, 0.1) is 5.92 Å². The van der Waals surface area contributed by atoms with Gasteiger partial charge in [-0.3, -0.25) is 4.79 Å². The Morgan fingerprint density at radius 2 is 1.95 bits per heavy atom. The Morgan fingerprint density at radius 3 is 2.43 bits per heavy atom. The first-order chi connectivity index (χ1) is 9.88. The van der Waals surface area contributed by atoms with E-state index in [2.05, 4.69) is 16.9 Å². The van der Waals surface area contributed by atoms with E-state index in [-0.39, 0.29) is 22.7 Å². The standard InChI is InChI=1S/C15H28N2O3S/c1-11(13(18)19)6-4-7-12(2)17-14(20)16-10-15(21-3)8-5-9-15/h11-12H,4-10H2,1-3H3,(H,18,19)(H2,16,17,20). The van der Waals surface area contributed by atoms with E-state index in [0.29, 0.717) is 6.42 Å². The molecule has 2 atom stereocenters. The van der Waals surface area contributed by atoms with E-state index in [1.165, 1.54) is 19.3 Å². The Labute approximate surface area is 131 Å². The highest BCUT2D eigenvalue weighted by molar-refractivity contribution is 8.00. The van der Waals surface area contributed by atoms with Gasteiger partial charge in [0.1, 0.15) is 0 Å². The summed E-state index contributed by atoms with van der Waals surface area (Å²) in [6.45, 7) is 4.40. The average Bonchev–Trinajstić information content (AvgIpc) is 2.37. The summed E-state index contributed by atoms with van der Waals surface area (Å²) in [5, 5.41) is 14.7. The molecule has 0 bridgehead atoms. The number of amides is 2. The fourth-order valence-electron chi connectivity index (χ4n) is 2.47. The van der Waals surface area contributed by atoms with Gasteiger partial charge in [-0.05, 0) is 38.9 Å². The van der Waals surface area contributed by atoms with Crippen molar-refractivity contribution in [3.05, 3.63) is 0 Å². The lowest BCUT2D eigenvalue weighted by atomic mass is 9.84. The summed E-state index contributed by atoms with van der Waals surface area (Å²) in [6.07, 6.45) is 7.97. The van der Waals surface area contributed by atoms with Gasteiger partial charge in [0.15, 0.2) is 0 Å². The van der Waals surface area contributed by atoms with Gasteiger partial charge in [-0.15, -0.1) is 0 Å². The van der Waals surface area contributed by atoms with Crippen LogP contribution in [0.3, 0.4) is 0 Å². The van der Waals surface area contributed by atoms with Crippen LogP contribution < -0.4 is 10.6 Å². The fraction of sp³-hybridized carbons (Fsp3) is 0.867. The molecule has 1 aliphatic rings. The topological polar surface area (TPSA) is 78.4 Å². The minimum absolute atomic E-state index is 0.0672. The molecule has 0 saturated heterocycles. The monoisotopic (exact) mass is 316 g/mol. The Hall–Kier alpha value is -0.910. The highest BCUT2D eigenvalue weighted by Gasteiger charge is 2.36. The normalized spacial score (nSPS) is 19.2. The van der Waals surface area contributed by atoms with E-state index < -0.39 is 5.97 Å². The molecular formula is C15H28N2O3S. The van der Waals surface area contributed by atoms with E-state index in [0.717, 1.165) is 19.4 Å². The van der Waals surface area contributed by atoms with Crippen LogP contribution in [0.2, 0.25) is 0 Å². The van der Waals surface area contributed by atoms with Gasteiger partial charge in [0, 0.05) is 17.3 Å². The second kappa shape index (κ2) is 8.51. The van der Waals surface area contributed by atoms with Crippen LogP contribution in [0.4, 0.5) is 4.79 Å². The Balaban J connectivity index is 2.14. The number of rotatable bonds is 9. The van der Waals surface area contributed by atoms with Crippen LogP contribution in [-0.2, 0) is 4.79 Å². The maximum absolute atomic E-state index is 11.8. The van der Waals surface area contributed by atoms with Crippen molar-refractivity contribution < 1.29 is 14.7 Å². The molecular weight excluding hydrogens is 288 g/mol. The molecule has 1 aliphatic carbocycles. The van der Waals surface area contributed by atoms with E-state index in [1.807, 2.05) is 18.7 Å². The minimum atomic E-state index is -0.754. The maximum Gasteiger partial charge on any atom is 0.315 e. The lowest BCUT2D eigenvalue weighted by molar-refractivity contribution is -0.141. The first-order valence-electron chi connectivity index (χ1n) is 7.71. The smallest absolute Gasteiger partial charge is 0.315 e. The molecule has 0 radical (unpaired) electrons. The number of hydrogen-bond donors (Lipinski definition) is 3. The second-order valence-corrected chi connectivity index (χ2v) is 7.41. The zero-order valence-electron chi connectivity index (χ0n) is 13.3. The van der Waals surface area contributed by atoms with Gasteiger partial charge >= 0.3 is 12.0 Å². The van der Waals surface area contributed by atoms with Crippen molar-refractivity contribution in [3.8, 4) is 0 Å². The third-order valence-electron chi connectivity index (χ3n) is 4.34. The zero-order chi connectivity index (χ0) is 15.9. The molecule has 0 aromatic carbocycles. The molecule has 0 aliphatic heterocycles. The Kier molecular flexibility index (Phi) is 7.35. The van der Waals surface area contributed by atoms with Gasteiger partial charge in [-0.25, -0.2) is 4.79 Å². The lowest BCUT2D eigenvalue weighted by Crippen LogP contribution is -2.49. The van der Waals surface area contributed by atoms with Crippen LogP contribution in [0.15, 0.2) is 0 Å². The molecule has 2 amide bonds. The van der Waals surface area contributed by atoms with Crippen LogP contribution in [0.1, 0.15) is 52.4 Å². The molecule has 21 heavy (non-hydrogen) atoms. The number of hydrogen-bond acceptors (Lipinski definition) is 3. The van der Waals surface area contributed by atoms with Crippen LogP contribution in [0.5, 0.6) is 0 Å². The number of urea groups is 1. The summed E-state index contributed by atoms with van der Waals surface area (Å²) in [5.41, 5.74) is 0. The summed E-state index contributed by atoms with van der Waals surface area (Å²) in [4.78, 5) is 22.5. The van der Waals surface area contributed by atoms with E-state index in [1.54, 1.807) is 6.92 Å². The maximum atomic E-state index is 11.8. The summed E-state index contributed by atoms with van der Waals surface area (Å²) < 4.78 is 0.248. The van der Waals surface area contributed by atoms with E-state index >= 15 is 0 Å². The molecule has 1 rings (SSSR count). The minimum Gasteiger partial charge on any atom is -0.481 e. The number of carboxylic acids is 1. The Bertz CT molecular complexity index is 353. The third-order valence-corrected chi connectivity index (χ3v) is 5.76. The van der Waals surface area contributed by atoms with Crippen LogP contribution in [-0.4, -0.2) is 40.7 Å². The van der Waals surface area contributed by atoms with Crippen LogP contribution in [0.25, 0.3) is 0 Å². The molecule has 0 heterocycles. The van der Waals surface area contributed by atoms with Crippen molar-refractivity contribution in [2.75, 3.05) is 12.8 Å². The summed E-state index contributed by atoms with van der Waals surface area (Å²) in [7, 11) is 0. The van der Waals surface area contributed by atoms with Gasteiger partial charge in [-0.1, -0.05) is 19.8 Å². The van der Waals surface area contributed by atoms with Crippen molar-refractivity contribution >= 4 is 23.8 Å². The third kappa shape index (κ3) is 6.16. The molecule has 5 nitrogen and oxygen atoms in total. The van der Waals surface area contributed by atoms with Gasteiger partial charge in [-0.2, -0.15) is 11.8 Å². The van der Waals surface area contributed by atoms with E-state index in [4.69, 9.17) is 5.11 Å². The highest BCUT2D eigenvalue weighted by Crippen LogP contribution is 2.42. The van der Waals surface area contributed by atoms with E-state index in [9.17, 15) is 9.59 Å². The number of aliphatic carboxylic acids is 1. The Morgan fingerprint density at radius 1 is 1.29 bits per heavy atom. The number of nitrogens with one attached hydrogen (secondary N) is 2. The first kappa shape index (κ1) is 18.1. The molecule has 2 unspecified atom stereocenters. The molecule has 0 aromatic rings. The first-order valence-corrected chi connectivity index (χ1v) is 8.93. The lowest BCUT2D eigenvalue weighted by Gasteiger charge is -2.40. The average molecular weight is 316 g/mol. The number of carbonyl (C=O) groups is 2. The van der Waals surface area contributed by atoms with Crippen molar-refractivity contribution in [1.29, 1.82) is 0 Å². The summed E-state index contributed by atoms with van der Waals surface area (Å²) in [5.74, 6) is -1.07. The predicted molar refractivity (Wildman–Crippen MR) is 86.7 cm³/mol. The van der Waals surface area contributed by atoms with Gasteiger partial charge in [0.2, 0.25) is 0 Å². The largest absolute Gasteiger partial charge is 0.481 e. The molecule has 122 valence electrons. The number of carbonyl (C=O) groups excluding carboxylic acids is 1. The summed E-state index contributed by atoms with van der Waals surface area (Å²) >= 11 is 1.84. The summed E-state index contributed by atoms with van der Waals surface area (Å²) in [6, 6.07) is -0.0493. The second-order valence-electron chi connectivity index (χ2n) is 6.14. The molecule has 1 saturated carbocycles. The van der Waals surface area contributed by atoms with Crippen molar-refractivity contribution in [1.82, 2.24) is 10.6 Å². The van der Waals surface area contributed by atoms with Gasteiger partial charge < -0.3 is 15.7 Å². The molecule has 0 aromatic heterocycles. The number of thioether (sulfide) groups is 1.